The summed E-state index contributed by atoms with van der Waals surface area (Å²) in [5.74, 6) is 0. The first-order valence-corrected chi connectivity index (χ1v) is 8.63. The normalized spacial score (nSPS) is 18.3. The Bertz CT molecular complexity index is 652. The van der Waals surface area contributed by atoms with Crippen LogP contribution in [0, 0.1) is 0 Å². The third kappa shape index (κ3) is 3.91. The molecule has 0 spiro atoms. The van der Waals surface area contributed by atoms with Crippen LogP contribution in [-0.2, 0) is 4.74 Å². The van der Waals surface area contributed by atoms with Crippen LogP contribution in [0.5, 0.6) is 0 Å². The van der Waals surface area contributed by atoms with Crippen molar-refractivity contribution < 1.29 is 4.74 Å². The highest BCUT2D eigenvalue weighted by atomic mass is 32.1. The van der Waals surface area contributed by atoms with E-state index in [9.17, 15) is 0 Å². The summed E-state index contributed by atoms with van der Waals surface area (Å²) in [7, 11) is 2.01. The Hall–Kier alpha value is -1.99. The lowest BCUT2D eigenvalue weighted by Gasteiger charge is -2.29. The first kappa shape index (κ1) is 16.9. The zero-order chi connectivity index (χ0) is 16.9. The monoisotopic (exact) mass is 345 g/mol. The van der Waals surface area contributed by atoms with Gasteiger partial charge in [-0.2, -0.15) is 5.10 Å². The molecule has 2 heterocycles. The minimum atomic E-state index is 0.180. The molecular formula is C17H23N5OS. The molecule has 1 fully saturated rings. The molecule has 1 aromatic carbocycles. The number of aromatic nitrogens is 3. The van der Waals surface area contributed by atoms with Crippen molar-refractivity contribution in [2.45, 2.75) is 31.9 Å². The fourth-order valence-electron chi connectivity index (χ4n) is 2.78. The zero-order valence-corrected chi connectivity index (χ0v) is 14.9. The molecule has 0 saturated carbocycles. The maximum Gasteiger partial charge on any atom is 0.169 e. The molecule has 0 bridgehead atoms. The quantitative estimate of drug-likeness (QED) is 0.840. The minimum Gasteiger partial charge on any atom is -0.376 e. The lowest BCUT2D eigenvalue weighted by Crippen LogP contribution is -2.41. The Morgan fingerprint density at radius 1 is 1.46 bits per heavy atom. The molecule has 1 N–H and O–H groups in total. The second-order valence-electron chi connectivity index (χ2n) is 6.04. The van der Waals surface area contributed by atoms with Gasteiger partial charge in [0, 0.05) is 20.2 Å². The molecule has 24 heavy (non-hydrogen) atoms. The van der Waals surface area contributed by atoms with Crippen molar-refractivity contribution in [3.63, 3.8) is 0 Å². The fourth-order valence-corrected chi connectivity index (χ4v) is 3.02. The smallest absolute Gasteiger partial charge is 0.169 e. The van der Waals surface area contributed by atoms with Crippen LogP contribution in [0.4, 0.5) is 0 Å². The third-order valence-corrected chi connectivity index (χ3v) is 4.90. The van der Waals surface area contributed by atoms with Gasteiger partial charge in [-0.15, -0.1) is 0 Å². The van der Waals surface area contributed by atoms with Gasteiger partial charge in [0.1, 0.15) is 12.7 Å². The first-order valence-electron chi connectivity index (χ1n) is 8.22. The third-order valence-electron chi connectivity index (χ3n) is 4.47. The summed E-state index contributed by atoms with van der Waals surface area (Å²) in [6.45, 7) is 3.79. The van der Waals surface area contributed by atoms with Gasteiger partial charge in [0.2, 0.25) is 0 Å². The SMILES string of the molecule is C[C@@H](c1ccc(-n2cncn2)cc1)N(C)C(=S)NC[C@@H]1CCCO1. The summed E-state index contributed by atoms with van der Waals surface area (Å²) in [5, 5.41) is 8.21. The Morgan fingerprint density at radius 2 is 2.25 bits per heavy atom. The Kier molecular flexibility index (Phi) is 5.42. The summed E-state index contributed by atoms with van der Waals surface area (Å²) in [5.41, 5.74) is 2.19. The van der Waals surface area contributed by atoms with Gasteiger partial charge in [0.25, 0.3) is 0 Å². The molecule has 1 saturated heterocycles. The van der Waals surface area contributed by atoms with E-state index in [1.54, 1.807) is 11.0 Å². The van der Waals surface area contributed by atoms with E-state index >= 15 is 0 Å². The van der Waals surface area contributed by atoms with E-state index in [1.807, 2.05) is 19.2 Å². The van der Waals surface area contributed by atoms with Gasteiger partial charge in [-0.05, 0) is 49.7 Å². The minimum absolute atomic E-state index is 0.180. The fraction of sp³-hybridized carbons (Fsp3) is 0.471. The van der Waals surface area contributed by atoms with Crippen LogP contribution in [0.1, 0.15) is 31.4 Å². The maximum absolute atomic E-state index is 5.62. The number of thiocarbonyl (C=S) groups is 1. The van der Waals surface area contributed by atoms with E-state index < -0.39 is 0 Å². The van der Waals surface area contributed by atoms with Gasteiger partial charge in [-0.1, -0.05) is 12.1 Å². The second-order valence-corrected chi connectivity index (χ2v) is 6.43. The van der Waals surface area contributed by atoms with Gasteiger partial charge in [0.05, 0.1) is 17.8 Å². The molecule has 0 amide bonds. The van der Waals surface area contributed by atoms with Crippen molar-refractivity contribution in [1.82, 2.24) is 25.0 Å². The van der Waals surface area contributed by atoms with Crippen LogP contribution in [0.25, 0.3) is 5.69 Å². The number of rotatable bonds is 5. The molecule has 1 aromatic heterocycles. The van der Waals surface area contributed by atoms with Crippen LogP contribution in [0.15, 0.2) is 36.9 Å². The summed E-state index contributed by atoms with van der Waals surface area (Å²) < 4.78 is 7.36. The van der Waals surface area contributed by atoms with Gasteiger partial charge in [0.15, 0.2) is 5.11 Å². The number of nitrogens with one attached hydrogen (secondary N) is 1. The molecule has 0 radical (unpaired) electrons. The Balaban J connectivity index is 1.57. The van der Waals surface area contributed by atoms with E-state index in [2.05, 4.69) is 39.4 Å². The average Bonchev–Trinajstić information content (AvgIpc) is 3.32. The van der Waals surface area contributed by atoms with Gasteiger partial charge < -0.3 is 15.0 Å². The van der Waals surface area contributed by atoms with Crippen molar-refractivity contribution in [2.24, 2.45) is 0 Å². The van der Waals surface area contributed by atoms with Gasteiger partial charge in [-0.3, -0.25) is 0 Å². The van der Waals surface area contributed by atoms with Crippen molar-refractivity contribution in [2.75, 3.05) is 20.2 Å². The molecule has 0 unspecified atom stereocenters. The van der Waals surface area contributed by atoms with Crippen LogP contribution >= 0.6 is 12.2 Å². The van der Waals surface area contributed by atoms with Crippen LogP contribution < -0.4 is 5.32 Å². The number of hydrogen-bond acceptors (Lipinski definition) is 4. The van der Waals surface area contributed by atoms with Crippen LogP contribution in [-0.4, -0.2) is 51.1 Å². The molecule has 1 aliphatic heterocycles. The van der Waals surface area contributed by atoms with Crippen molar-refractivity contribution in [1.29, 1.82) is 0 Å². The largest absolute Gasteiger partial charge is 0.376 e. The molecule has 7 heteroatoms. The summed E-state index contributed by atoms with van der Waals surface area (Å²) in [6, 6.07) is 8.45. The van der Waals surface area contributed by atoms with Crippen molar-refractivity contribution in [3.8, 4) is 5.69 Å². The summed E-state index contributed by atoms with van der Waals surface area (Å²) in [6.07, 6.45) is 5.76. The summed E-state index contributed by atoms with van der Waals surface area (Å²) in [4.78, 5) is 6.05. The Labute approximate surface area is 147 Å². The van der Waals surface area contributed by atoms with E-state index in [1.165, 1.54) is 11.9 Å². The van der Waals surface area contributed by atoms with Gasteiger partial charge in [-0.25, -0.2) is 9.67 Å². The molecule has 3 rings (SSSR count). The molecule has 2 aromatic rings. The van der Waals surface area contributed by atoms with E-state index in [0.29, 0.717) is 0 Å². The predicted octanol–water partition coefficient (Wildman–Crippen LogP) is 2.31. The molecular weight excluding hydrogens is 322 g/mol. The number of nitrogens with zero attached hydrogens (tertiary/aromatic N) is 4. The zero-order valence-electron chi connectivity index (χ0n) is 14.1. The summed E-state index contributed by atoms with van der Waals surface area (Å²) >= 11 is 5.52. The van der Waals surface area contributed by atoms with E-state index in [0.717, 1.165) is 36.8 Å². The number of benzene rings is 1. The number of ether oxygens (including phenoxy) is 1. The highest BCUT2D eigenvalue weighted by Gasteiger charge is 2.18. The second kappa shape index (κ2) is 7.72. The molecule has 1 aliphatic rings. The molecule has 128 valence electrons. The first-order chi connectivity index (χ1) is 11.6. The lowest BCUT2D eigenvalue weighted by atomic mass is 10.1. The molecule has 0 aliphatic carbocycles. The van der Waals surface area contributed by atoms with Crippen LogP contribution in [0.2, 0.25) is 0 Å². The highest BCUT2D eigenvalue weighted by Crippen LogP contribution is 2.20. The maximum atomic E-state index is 5.62. The lowest BCUT2D eigenvalue weighted by molar-refractivity contribution is 0.113. The highest BCUT2D eigenvalue weighted by molar-refractivity contribution is 7.80. The predicted molar refractivity (Wildman–Crippen MR) is 97.1 cm³/mol. The standard InChI is InChI=1S/C17H23N5OS/c1-13(21(2)17(24)19-10-16-4-3-9-23-16)14-5-7-15(8-6-14)22-12-18-11-20-22/h5-8,11-13,16H,3-4,9-10H2,1-2H3,(H,19,24)/t13-,16-/m0/s1. The average molecular weight is 345 g/mol. The Morgan fingerprint density at radius 3 is 2.88 bits per heavy atom. The molecule has 2 atom stereocenters. The van der Waals surface area contributed by atoms with Crippen molar-refractivity contribution >= 4 is 17.3 Å². The van der Waals surface area contributed by atoms with E-state index in [-0.39, 0.29) is 12.1 Å². The number of hydrogen-bond donors (Lipinski definition) is 1. The molecule has 6 nitrogen and oxygen atoms in total. The van der Waals surface area contributed by atoms with E-state index in [4.69, 9.17) is 17.0 Å². The van der Waals surface area contributed by atoms with Crippen LogP contribution in [0.3, 0.4) is 0 Å². The van der Waals surface area contributed by atoms with Gasteiger partial charge >= 0.3 is 0 Å². The topological polar surface area (TPSA) is 55.2 Å². The van der Waals surface area contributed by atoms with Crippen molar-refractivity contribution in [3.05, 3.63) is 42.5 Å².